The number of esters is 1. The van der Waals surface area contributed by atoms with Crippen molar-refractivity contribution in [2.75, 3.05) is 32.1 Å². The lowest BCUT2D eigenvalue weighted by molar-refractivity contribution is -0.146. The van der Waals surface area contributed by atoms with Crippen molar-refractivity contribution in [1.82, 2.24) is 16.0 Å². The SMILES string of the molecule is CC(C)(Br)C(=O)OCCOCCNC(=O)CCCCC1SCC2NC(=O)NC21. The Bertz CT molecular complexity index is 558. The molecule has 3 atom stereocenters. The van der Waals surface area contributed by atoms with E-state index in [0.29, 0.717) is 31.4 Å². The number of carbonyl (C=O) groups excluding carboxylic acids is 3. The molecule has 3 unspecified atom stereocenters. The summed E-state index contributed by atoms with van der Waals surface area (Å²) in [7, 11) is 0. The van der Waals surface area contributed by atoms with Crippen LogP contribution in [0, 0.1) is 0 Å². The normalized spacial score (nSPS) is 23.7. The van der Waals surface area contributed by atoms with Gasteiger partial charge in [0.15, 0.2) is 0 Å². The Labute approximate surface area is 178 Å². The van der Waals surface area contributed by atoms with Crippen LogP contribution in [-0.2, 0) is 19.1 Å². The average molecular weight is 480 g/mol. The van der Waals surface area contributed by atoms with E-state index in [4.69, 9.17) is 9.47 Å². The first-order chi connectivity index (χ1) is 13.3. The maximum absolute atomic E-state index is 11.8. The van der Waals surface area contributed by atoms with E-state index in [1.165, 1.54) is 0 Å². The Morgan fingerprint density at radius 3 is 2.79 bits per heavy atom. The predicted molar refractivity (Wildman–Crippen MR) is 112 cm³/mol. The summed E-state index contributed by atoms with van der Waals surface area (Å²) in [5.74, 6) is 0.646. The monoisotopic (exact) mass is 479 g/mol. The van der Waals surface area contributed by atoms with Gasteiger partial charge in [-0.3, -0.25) is 9.59 Å². The van der Waals surface area contributed by atoms with Crippen LogP contribution in [0.4, 0.5) is 4.79 Å². The summed E-state index contributed by atoms with van der Waals surface area (Å²) in [6.07, 6.45) is 3.30. The first-order valence-corrected chi connectivity index (χ1v) is 11.5. The van der Waals surface area contributed by atoms with Crippen molar-refractivity contribution in [1.29, 1.82) is 0 Å². The predicted octanol–water partition coefficient (Wildman–Crippen LogP) is 1.56. The molecule has 0 bridgehead atoms. The van der Waals surface area contributed by atoms with Crippen molar-refractivity contribution >= 4 is 45.6 Å². The van der Waals surface area contributed by atoms with Gasteiger partial charge in [0, 0.05) is 24.0 Å². The largest absolute Gasteiger partial charge is 0.462 e. The molecule has 2 rings (SSSR count). The third kappa shape index (κ3) is 7.79. The van der Waals surface area contributed by atoms with Crippen molar-refractivity contribution in [2.24, 2.45) is 0 Å². The highest BCUT2D eigenvalue weighted by molar-refractivity contribution is 9.10. The minimum atomic E-state index is -0.693. The number of carbonyl (C=O) groups is 3. The van der Waals surface area contributed by atoms with E-state index >= 15 is 0 Å². The van der Waals surface area contributed by atoms with Crippen molar-refractivity contribution in [3.8, 4) is 0 Å². The highest BCUT2D eigenvalue weighted by Crippen LogP contribution is 2.33. The molecule has 0 radical (unpaired) electrons. The molecule has 28 heavy (non-hydrogen) atoms. The van der Waals surface area contributed by atoms with E-state index in [0.717, 1.165) is 25.0 Å². The molecular weight excluding hydrogens is 450 g/mol. The summed E-state index contributed by atoms with van der Waals surface area (Å²) in [6.45, 7) is 4.76. The van der Waals surface area contributed by atoms with Gasteiger partial charge >= 0.3 is 12.0 Å². The van der Waals surface area contributed by atoms with E-state index in [1.54, 1.807) is 13.8 Å². The number of thioether (sulfide) groups is 1. The molecule has 0 aliphatic carbocycles. The second-order valence-electron chi connectivity index (χ2n) is 7.44. The van der Waals surface area contributed by atoms with Gasteiger partial charge in [0.05, 0.1) is 25.3 Å². The van der Waals surface area contributed by atoms with Crippen molar-refractivity contribution in [2.45, 2.75) is 61.2 Å². The number of nitrogens with one attached hydrogen (secondary N) is 3. The molecule has 10 heteroatoms. The summed E-state index contributed by atoms with van der Waals surface area (Å²) in [6, 6.07) is 0.413. The zero-order valence-corrected chi connectivity index (χ0v) is 18.8. The number of alkyl halides is 1. The maximum atomic E-state index is 11.8. The molecule has 3 N–H and O–H groups in total. The van der Waals surface area contributed by atoms with E-state index in [9.17, 15) is 14.4 Å². The minimum Gasteiger partial charge on any atom is -0.462 e. The van der Waals surface area contributed by atoms with Crippen molar-refractivity contribution in [3.05, 3.63) is 0 Å². The number of hydrogen-bond donors (Lipinski definition) is 3. The topological polar surface area (TPSA) is 106 Å². The molecular formula is C18H30BrN3O5S. The summed E-state index contributed by atoms with van der Waals surface area (Å²) in [5, 5.41) is 9.18. The summed E-state index contributed by atoms with van der Waals surface area (Å²) >= 11 is 5.12. The van der Waals surface area contributed by atoms with Crippen LogP contribution in [-0.4, -0.2) is 71.7 Å². The van der Waals surface area contributed by atoms with Crippen molar-refractivity contribution in [3.63, 3.8) is 0 Å². The smallest absolute Gasteiger partial charge is 0.322 e. The maximum Gasteiger partial charge on any atom is 0.322 e. The van der Waals surface area contributed by atoms with Crippen LogP contribution in [0.3, 0.4) is 0 Å². The Morgan fingerprint density at radius 2 is 2.04 bits per heavy atom. The number of amides is 3. The fraction of sp³-hybridized carbons (Fsp3) is 0.833. The lowest BCUT2D eigenvalue weighted by Crippen LogP contribution is -2.36. The lowest BCUT2D eigenvalue weighted by atomic mass is 10.0. The second-order valence-corrected chi connectivity index (χ2v) is 10.7. The first kappa shape index (κ1) is 23.3. The molecule has 2 heterocycles. The Kier molecular flexibility index (Phi) is 9.36. The van der Waals surface area contributed by atoms with Crippen LogP contribution in [0.15, 0.2) is 0 Å². The molecule has 3 amide bonds. The standard InChI is InChI=1S/C18H30BrN3O5S/c1-18(2,19)16(24)27-10-9-26-8-7-20-14(23)6-4-3-5-13-15-12(11-28-13)21-17(25)22-15/h12-13,15H,3-11H2,1-2H3,(H,20,23)(H2,21,22,25). The molecule has 2 aliphatic rings. The molecule has 0 aromatic rings. The third-order valence-electron chi connectivity index (χ3n) is 4.60. The van der Waals surface area contributed by atoms with Crippen LogP contribution >= 0.6 is 27.7 Å². The van der Waals surface area contributed by atoms with Gasteiger partial charge in [-0.15, -0.1) is 0 Å². The van der Waals surface area contributed by atoms with Gasteiger partial charge in [-0.2, -0.15) is 11.8 Å². The Balaban J connectivity index is 1.41. The molecule has 2 saturated heterocycles. The van der Waals surface area contributed by atoms with Crippen LogP contribution < -0.4 is 16.0 Å². The van der Waals surface area contributed by atoms with Crippen LogP contribution in [0.5, 0.6) is 0 Å². The van der Waals surface area contributed by atoms with Crippen LogP contribution in [0.2, 0.25) is 0 Å². The highest BCUT2D eigenvalue weighted by atomic mass is 79.9. The molecule has 0 spiro atoms. The fourth-order valence-electron chi connectivity index (χ4n) is 3.09. The van der Waals surface area contributed by atoms with Crippen molar-refractivity contribution < 1.29 is 23.9 Å². The summed E-state index contributed by atoms with van der Waals surface area (Å²) in [4.78, 5) is 34.7. The fourth-order valence-corrected chi connectivity index (χ4v) is 4.75. The number of ether oxygens (including phenoxy) is 2. The quantitative estimate of drug-likeness (QED) is 0.170. The van der Waals surface area contributed by atoms with Crippen LogP contribution in [0.25, 0.3) is 0 Å². The molecule has 0 saturated carbocycles. The first-order valence-electron chi connectivity index (χ1n) is 9.66. The number of urea groups is 1. The van der Waals surface area contributed by atoms with Gasteiger partial charge in [-0.1, -0.05) is 22.4 Å². The minimum absolute atomic E-state index is 0.0175. The van der Waals surface area contributed by atoms with E-state index in [-0.39, 0.29) is 36.6 Å². The van der Waals surface area contributed by atoms with Gasteiger partial charge in [-0.05, 0) is 26.7 Å². The molecule has 0 aromatic carbocycles. The molecule has 2 fully saturated rings. The summed E-state index contributed by atoms with van der Waals surface area (Å²) < 4.78 is 9.69. The van der Waals surface area contributed by atoms with Gasteiger partial charge in [0.2, 0.25) is 5.91 Å². The average Bonchev–Trinajstić information content (AvgIpc) is 3.16. The number of halogens is 1. The highest BCUT2D eigenvalue weighted by Gasteiger charge is 2.42. The Hall–Kier alpha value is -1.00. The van der Waals surface area contributed by atoms with E-state index in [2.05, 4.69) is 31.9 Å². The third-order valence-corrected chi connectivity index (χ3v) is 6.43. The van der Waals surface area contributed by atoms with Gasteiger partial charge in [-0.25, -0.2) is 4.79 Å². The number of hydrogen-bond acceptors (Lipinski definition) is 6. The number of rotatable bonds is 12. The zero-order chi connectivity index (χ0) is 20.6. The molecule has 2 aliphatic heterocycles. The van der Waals surface area contributed by atoms with Gasteiger partial charge in [0.25, 0.3) is 0 Å². The van der Waals surface area contributed by atoms with Gasteiger partial charge in [0.1, 0.15) is 10.9 Å². The zero-order valence-electron chi connectivity index (χ0n) is 16.4. The molecule has 0 aromatic heterocycles. The molecule has 8 nitrogen and oxygen atoms in total. The Morgan fingerprint density at radius 1 is 1.25 bits per heavy atom. The van der Waals surface area contributed by atoms with E-state index in [1.807, 2.05) is 11.8 Å². The van der Waals surface area contributed by atoms with Gasteiger partial charge < -0.3 is 25.4 Å². The number of unbranched alkanes of at least 4 members (excludes halogenated alkanes) is 1. The second kappa shape index (κ2) is 11.3. The summed E-state index contributed by atoms with van der Waals surface area (Å²) in [5.41, 5.74) is 0. The molecule has 160 valence electrons. The lowest BCUT2D eigenvalue weighted by Gasteiger charge is -2.16. The van der Waals surface area contributed by atoms with E-state index < -0.39 is 4.32 Å². The number of fused-ring (bicyclic) bond motifs is 1. The van der Waals surface area contributed by atoms with Crippen LogP contribution in [0.1, 0.15) is 39.5 Å².